The molecule has 0 unspecified atom stereocenters. The van der Waals surface area contributed by atoms with Gasteiger partial charge in [-0.05, 0) is 66.8 Å². The van der Waals surface area contributed by atoms with Crippen molar-refractivity contribution in [2.24, 2.45) is 20.5 Å². The van der Waals surface area contributed by atoms with Crippen LogP contribution >= 0.6 is 0 Å². The molecule has 0 spiro atoms. The molecule has 142 valence electrons. The van der Waals surface area contributed by atoms with Crippen molar-refractivity contribution in [3.05, 3.63) is 90.0 Å². The molecule has 5 heteroatoms. The summed E-state index contributed by atoms with van der Waals surface area (Å²) in [5.74, 6) is 0.104. The Kier molecular flexibility index (Phi) is 5.12. The van der Waals surface area contributed by atoms with Crippen LogP contribution in [-0.2, 0) is 0 Å². The van der Waals surface area contributed by atoms with Crippen LogP contribution in [0.4, 0.5) is 22.7 Å². The van der Waals surface area contributed by atoms with Gasteiger partial charge in [-0.15, -0.1) is 5.11 Å². The van der Waals surface area contributed by atoms with Gasteiger partial charge in [-0.2, -0.15) is 15.3 Å². The highest BCUT2D eigenvalue weighted by Gasteiger charge is 2.06. The van der Waals surface area contributed by atoms with Crippen molar-refractivity contribution < 1.29 is 5.11 Å². The third-order valence-corrected chi connectivity index (χ3v) is 4.60. The van der Waals surface area contributed by atoms with Gasteiger partial charge in [-0.3, -0.25) is 0 Å². The first kappa shape index (κ1) is 18.5. The number of aryl methyl sites for hydroxylation is 2. The summed E-state index contributed by atoms with van der Waals surface area (Å²) in [4.78, 5) is 0. The number of phenols is 1. The summed E-state index contributed by atoms with van der Waals surface area (Å²) in [6.07, 6.45) is 0. The number of hydrogen-bond acceptors (Lipinski definition) is 5. The van der Waals surface area contributed by atoms with E-state index in [1.165, 1.54) is 0 Å². The molecule has 4 rings (SSSR count). The standard InChI is InChI=1S/C24H20N4O/c1-16-6-5-8-19(14-16)25-27-22-12-11-20(15-17(22)2)26-28-24-21-9-4-3-7-18(21)10-13-23(24)29/h3-15,29H,1-2H3. The Morgan fingerprint density at radius 1 is 0.655 bits per heavy atom. The van der Waals surface area contributed by atoms with Gasteiger partial charge >= 0.3 is 0 Å². The molecule has 0 amide bonds. The minimum Gasteiger partial charge on any atom is -0.506 e. The van der Waals surface area contributed by atoms with Crippen molar-refractivity contribution in [3.63, 3.8) is 0 Å². The van der Waals surface area contributed by atoms with Crippen molar-refractivity contribution in [1.82, 2.24) is 0 Å². The predicted molar refractivity (Wildman–Crippen MR) is 116 cm³/mol. The molecule has 5 nitrogen and oxygen atoms in total. The Morgan fingerprint density at radius 2 is 1.45 bits per heavy atom. The van der Waals surface area contributed by atoms with E-state index >= 15 is 0 Å². The fourth-order valence-corrected chi connectivity index (χ4v) is 3.07. The SMILES string of the molecule is Cc1cccc(N=Nc2ccc(N=Nc3c(O)ccc4ccccc34)cc2C)c1. The molecule has 0 atom stereocenters. The van der Waals surface area contributed by atoms with Crippen molar-refractivity contribution in [2.75, 3.05) is 0 Å². The molecule has 4 aromatic rings. The number of phenolic OH excluding ortho intramolecular Hbond substituents is 1. The second-order valence-corrected chi connectivity index (χ2v) is 6.86. The van der Waals surface area contributed by atoms with E-state index in [-0.39, 0.29) is 5.75 Å². The molecule has 29 heavy (non-hydrogen) atoms. The molecular formula is C24H20N4O. The summed E-state index contributed by atoms with van der Waals surface area (Å²) < 4.78 is 0. The highest BCUT2D eigenvalue weighted by molar-refractivity contribution is 5.95. The molecule has 0 aliphatic carbocycles. The normalized spacial score (nSPS) is 11.7. The van der Waals surface area contributed by atoms with Gasteiger partial charge in [-0.25, -0.2) is 0 Å². The van der Waals surface area contributed by atoms with Crippen LogP contribution < -0.4 is 0 Å². The average molecular weight is 380 g/mol. The van der Waals surface area contributed by atoms with E-state index in [0.717, 1.165) is 33.3 Å². The maximum absolute atomic E-state index is 10.2. The van der Waals surface area contributed by atoms with E-state index in [1.54, 1.807) is 6.07 Å². The summed E-state index contributed by atoms with van der Waals surface area (Å²) in [5.41, 5.74) is 4.83. The lowest BCUT2D eigenvalue weighted by atomic mass is 10.1. The van der Waals surface area contributed by atoms with Crippen LogP contribution in [0.15, 0.2) is 99.3 Å². The van der Waals surface area contributed by atoms with E-state index in [1.807, 2.05) is 86.6 Å². The maximum atomic E-state index is 10.2. The molecule has 4 aromatic carbocycles. The summed E-state index contributed by atoms with van der Waals surface area (Å²) >= 11 is 0. The van der Waals surface area contributed by atoms with Crippen LogP contribution in [-0.4, -0.2) is 5.11 Å². The maximum Gasteiger partial charge on any atom is 0.143 e. The summed E-state index contributed by atoms with van der Waals surface area (Å²) in [6, 6.07) is 24.8. The third kappa shape index (κ3) is 4.19. The number of benzene rings is 4. The van der Waals surface area contributed by atoms with Gasteiger partial charge in [0, 0.05) is 5.39 Å². The van der Waals surface area contributed by atoms with Crippen LogP contribution in [0.3, 0.4) is 0 Å². The summed E-state index contributed by atoms with van der Waals surface area (Å²) in [5, 5.41) is 29.3. The quantitative estimate of drug-likeness (QED) is 0.358. The minimum absolute atomic E-state index is 0.104. The average Bonchev–Trinajstić information content (AvgIpc) is 2.72. The smallest absolute Gasteiger partial charge is 0.143 e. The Morgan fingerprint density at radius 3 is 2.28 bits per heavy atom. The van der Waals surface area contributed by atoms with Crippen LogP contribution in [0.2, 0.25) is 0 Å². The number of azo groups is 2. The van der Waals surface area contributed by atoms with Crippen LogP contribution in [0, 0.1) is 13.8 Å². The lowest BCUT2D eigenvalue weighted by Gasteiger charge is -2.04. The van der Waals surface area contributed by atoms with E-state index in [4.69, 9.17) is 0 Å². The molecule has 0 aromatic heterocycles. The molecule has 0 radical (unpaired) electrons. The monoisotopic (exact) mass is 380 g/mol. The molecule has 1 N–H and O–H groups in total. The Labute approximate surface area is 169 Å². The van der Waals surface area contributed by atoms with Gasteiger partial charge in [0.1, 0.15) is 11.4 Å². The summed E-state index contributed by atoms with van der Waals surface area (Å²) in [6.45, 7) is 3.98. The molecule has 0 aliphatic rings. The molecule has 0 saturated heterocycles. The minimum atomic E-state index is 0.104. The first-order valence-corrected chi connectivity index (χ1v) is 9.32. The highest BCUT2D eigenvalue weighted by atomic mass is 16.3. The van der Waals surface area contributed by atoms with Crippen molar-refractivity contribution in [2.45, 2.75) is 13.8 Å². The Balaban J connectivity index is 1.60. The number of hydrogen-bond donors (Lipinski definition) is 1. The van der Waals surface area contributed by atoms with E-state index in [0.29, 0.717) is 11.4 Å². The second-order valence-electron chi connectivity index (χ2n) is 6.86. The van der Waals surface area contributed by atoms with Gasteiger partial charge < -0.3 is 5.11 Å². The van der Waals surface area contributed by atoms with Gasteiger partial charge in [0.2, 0.25) is 0 Å². The largest absolute Gasteiger partial charge is 0.506 e. The lowest BCUT2D eigenvalue weighted by molar-refractivity contribution is 0.477. The molecule has 0 saturated carbocycles. The van der Waals surface area contributed by atoms with E-state index in [2.05, 4.69) is 20.5 Å². The van der Waals surface area contributed by atoms with E-state index < -0.39 is 0 Å². The molecule has 0 fully saturated rings. The topological polar surface area (TPSA) is 69.7 Å². The molecule has 0 heterocycles. The lowest BCUT2D eigenvalue weighted by Crippen LogP contribution is -1.76. The Bertz CT molecular complexity index is 1240. The van der Waals surface area contributed by atoms with Gasteiger partial charge in [0.05, 0.1) is 17.1 Å². The fraction of sp³-hybridized carbons (Fsp3) is 0.0833. The predicted octanol–water partition coefficient (Wildman–Crippen LogP) is 7.99. The number of aromatic hydroxyl groups is 1. The van der Waals surface area contributed by atoms with Crippen LogP contribution in [0.5, 0.6) is 5.75 Å². The number of rotatable bonds is 4. The highest BCUT2D eigenvalue weighted by Crippen LogP contribution is 2.36. The first-order valence-electron chi connectivity index (χ1n) is 9.32. The molecule has 0 bridgehead atoms. The second kappa shape index (κ2) is 8.02. The van der Waals surface area contributed by atoms with Gasteiger partial charge in [0.15, 0.2) is 0 Å². The number of nitrogens with zero attached hydrogens (tertiary/aromatic N) is 4. The van der Waals surface area contributed by atoms with Crippen molar-refractivity contribution in [1.29, 1.82) is 0 Å². The fourth-order valence-electron chi connectivity index (χ4n) is 3.07. The zero-order valence-electron chi connectivity index (χ0n) is 16.2. The van der Waals surface area contributed by atoms with Gasteiger partial charge in [0.25, 0.3) is 0 Å². The summed E-state index contributed by atoms with van der Waals surface area (Å²) in [7, 11) is 0. The zero-order valence-corrected chi connectivity index (χ0v) is 16.2. The van der Waals surface area contributed by atoms with Crippen LogP contribution in [0.1, 0.15) is 11.1 Å². The Hall–Kier alpha value is -3.86. The molecule has 0 aliphatic heterocycles. The number of fused-ring (bicyclic) bond motifs is 1. The first-order chi connectivity index (χ1) is 14.1. The zero-order chi connectivity index (χ0) is 20.2. The van der Waals surface area contributed by atoms with Gasteiger partial charge in [-0.1, -0.05) is 42.5 Å². The van der Waals surface area contributed by atoms with Crippen LogP contribution in [0.25, 0.3) is 10.8 Å². The molecular weight excluding hydrogens is 360 g/mol. The van der Waals surface area contributed by atoms with Crippen molar-refractivity contribution in [3.8, 4) is 5.75 Å². The third-order valence-electron chi connectivity index (χ3n) is 4.60. The van der Waals surface area contributed by atoms with E-state index in [9.17, 15) is 5.11 Å². The van der Waals surface area contributed by atoms with Crippen molar-refractivity contribution >= 4 is 33.5 Å².